The lowest BCUT2D eigenvalue weighted by molar-refractivity contribution is -0.141. The Labute approximate surface area is 259 Å². The summed E-state index contributed by atoms with van der Waals surface area (Å²) in [5.74, 6) is -0.606. The molecule has 2 heterocycles. The van der Waals surface area contributed by atoms with Gasteiger partial charge in [-0.1, -0.05) is 73.2 Å². The van der Waals surface area contributed by atoms with Gasteiger partial charge >= 0.3 is 6.18 Å². The quantitative estimate of drug-likeness (QED) is 0.195. The number of unbranched alkanes of at least 4 members (excludes halogenated alkanes) is 1. The van der Waals surface area contributed by atoms with E-state index in [0.717, 1.165) is 81.7 Å². The van der Waals surface area contributed by atoms with E-state index >= 15 is 0 Å². The van der Waals surface area contributed by atoms with Crippen molar-refractivity contribution in [3.8, 4) is 11.1 Å². The molecule has 0 unspecified atom stereocenters. The minimum Gasteiger partial charge on any atom is -0.349 e. The number of alkyl halides is 3. The van der Waals surface area contributed by atoms with Crippen molar-refractivity contribution < 1.29 is 22.8 Å². The molecule has 2 aliphatic rings. The number of benzene rings is 3. The van der Waals surface area contributed by atoms with Crippen LogP contribution < -0.4 is 10.6 Å². The van der Waals surface area contributed by atoms with Gasteiger partial charge in [-0.25, -0.2) is 0 Å². The second kappa shape index (κ2) is 12.4. The van der Waals surface area contributed by atoms with E-state index in [1.807, 2.05) is 73.7 Å². The largest absolute Gasteiger partial charge is 0.405 e. The van der Waals surface area contributed by atoms with E-state index in [9.17, 15) is 22.8 Å². The zero-order chi connectivity index (χ0) is 30.9. The number of likely N-dealkylation sites (tertiary alicyclic amines) is 1. The van der Waals surface area contributed by atoms with Gasteiger partial charge in [-0.3, -0.25) is 9.59 Å². The summed E-state index contributed by atoms with van der Waals surface area (Å²) in [6, 6.07) is 23.3. The van der Waals surface area contributed by atoms with Crippen LogP contribution in [0.4, 0.5) is 13.2 Å². The predicted octanol–water partition coefficient (Wildman–Crippen LogP) is 7.22. The fraction of sp³-hybridized carbons (Fsp3) is 0.371. The van der Waals surface area contributed by atoms with Gasteiger partial charge in [0.05, 0.1) is 4.88 Å². The fourth-order valence-electron chi connectivity index (χ4n) is 6.95. The molecule has 0 atom stereocenters. The summed E-state index contributed by atoms with van der Waals surface area (Å²) in [5.41, 5.74) is 3.21. The Hall–Kier alpha value is -3.69. The van der Waals surface area contributed by atoms with Crippen molar-refractivity contribution in [2.24, 2.45) is 0 Å². The van der Waals surface area contributed by atoms with E-state index < -0.39 is 24.0 Å². The van der Waals surface area contributed by atoms with Crippen LogP contribution in [0.1, 0.15) is 58.5 Å². The number of hydrogen-bond acceptors (Lipinski definition) is 4. The second-order valence-electron chi connectivity index (χ2n) is 11.9. The van der Waals surface area contributed by atoms with Crippen molar-refractivity contribution in [2.45, 2.75) is 56.7 Å². The summed E-state index contributed by atoms with van der Waals surface area (Å²) in [5, 5.41) is 6.58. The van der Waals surface area contributed by atoms with Crippen molar-refractivity contribution in [1.29, 1.82) is 0 Å². The third-order valence-electron chi connectivity index (χ3n) is 9.15. The molecule has 44 heavy (non-hydrogen) atoms. The highest BCUT2D eigenvalue weighted by Gasteiger charge is 2.49. The van der Waals surface area contributed by atoms with E-state index in [1.54, 1.807) is 0 Å². The van der Waals surface area contributed by atoms with E-state index in [0.29, 0.717) is 12.8 Å². The number of rotatable bonds is 9. The first-order chi connectivity index (χ1) is 21.2. The first kappa shape index (κ1) is 30.3. The molecule has 1 fully saturated rings. The molecule has 0 bridgehead atoms. The third-order valence-corrected chi connectivity index (χ3v) is 10.4. The molecule has 1 aliphatic carbocycles. The zero-order valence-electron chi connectivity index (χ0n) is 24.7. The fourth-order valence-corrected chi connectivity index (χ4v) is 8.06. The molecule has 0 radical (unpaired) electrons. The van der Waals surface area contributed by atoms with Crippen molar-refractivity contribution in [1.82, 2.24) is 15.5 Å². The molecule has 230 valence electrons. The lowest BCUT2D eigenvalue weighted by Gasteiger charge is -2.33. The van der Waals surface area contributed by atoms with Gasteiger partial charge in [-0.05, 0) is 78.4 Å². The number of hydrogen-bond donors (Lipinski definition) is 2. The molecule has 4 aromatic rings. The number of amides is 2. The number of piperidine rings is 1. The number of fused-ring (bicyclic) bond motifs is 4. The maximum Gasteiger partial charge on any atom is 0.405 e. The van der Waals surface area contributed by atoms with Gasteiger partial charge in [-0.2, -0.15) is 13.2 Å². The average Bonchev–Trinajstić information content (AvgIpc) is 3.51. The van der Waals surface area contributed by atoms with Crippen LogP contribution in [0.5, 0.6) is 0 Å². The van der Waals surface area contributed by atoms with Crippen LogP contribution in [0.3, 0.4) is 0 Å². The number of nitrogens with one attached hydrogen (secondary N) is 2. The van der Waals surface area contributed by atoms with Crippen molar-refractivity contribution >= 4 is 33.2 Å². The van der Waals surface area contributed by atoms with Crippen molar-refractivity contribution in [3.63, 3.8) is 0 Å². The molecular formula is C35H36F3N3O2S. The van der Waals surface area contributed by atoms with Crippen molar-refractivity contribution in [3.05, 3.63) is 94.4 Å². The van der Waals surface area contributed by atoms with Crippen LogP contribution in [0.25, 0.3) is 21.2 Å². The Kier molecular flexibility index (Phi) is 8.53. The maximum absolute atomic E-state index is 13.7. The molecule has 2 amide bonds. The molecular weight excluding hydrogens is 583 g/mol. The summed E-state index contributed by atoms with van der Waals surface area (Å²) in [6.07, 6.45) is -0.844. The molecule has 3 aromatic carbocycles. The number of thiophene rings is 1. The van der Waals surface area contributed by atoms with Gasteiger partial charge in [0.2, 0.25) is 5.91 Å². The lowest BCUT2D eigenvalue weighted by atomic mass is 9.73. The molecule has 5 nitrogen and oxygen atoms in total. The molecule has 2 N–H and O–H groups in total. The van der Waals surface area contributed by atoms with Gasteiger partial charge in [0.1, 0.15) is 12.0 Å². The van der Waals surface area contributed by atoms with E-state index in [1.165, 1.54) is 11.3 Å². The van der Waals surface area contributed by atoms with Gasteiger partial charge in [0.25, 0.3) is 5.91 Å². The maximum atomic E-state index is 13.7. The topological polar surface area (TPSA) is 61.4 Å². The average molecular weight is 620 g/mol. The van der Waals surface area contributed by atoms with E-state index in [-0.39, 0.29) is 11.9 Å². The molecule has 1 aromatic heterocycles. The number of nitrogens with zero attached hydrogens (tertiary/aromatic N) is 1. The molecule has 0 saturated carbocycles. The second-order valence-corrected chi connectivity index (χ2v) is 12.9. The Bertz CT molecular complexity index is 1630. The number of halogens is 3. The number of carbonyl (C=O) groups is 2. The molecule has 1 aliphatic heterocycles. The van der Waals surface area contributed by atoms with Gasteiger partial charge in [-0.15, -0.1) is 11.3 Å². The summed E-state index contributed by atoms with van der Waals surface area (Å²) < 4.78 is 40.5. The summed E-state index contributed by atoms with van der Waals surface area (Å²) in [4.78, 5) is 29.9. The zero-order valence-corrected chi connectivity index (χ0v) is 25.5. The first-order valence-corrected chi connectivity index (χ1v) is 16.0. The highest BCUT2D eigenvalue weighted by Crippen LogP contribution is 2.51. The van der Waals surface area contributed by atoms with Crippen LogP contribution in [0.2, 0.25) is 0 Å². The molecule has 1 saturated heterocycles. The van der Waals surface area contributed by atoms with Crippen LogP contribution in [-0.2, 0) is 10.2 Å². The number of carbonyl (C=O) groups excluding carboxylic acids is 2. The number of aryl methyl sites for hydroxylation is 1. The summed E-state index contributed by atoms with van der Waals surface area (Å²) in [7, 11) is 0. The predicted molar refractivity (Wildman–Crippen MR) is 169 cm³/mol. The van der Waals surface area contributed by atoms with Crippen molar-refractivity contribution in [2.75, 3.05) is 26.2 Å². The smallest absolute Gasteiger partial charge is 0.349 e. The summed E-state index contributed by atoms with van der Waals surface area (Å²) in [6.45, 7) is 3.20. The SMILES string of the molecule is Cc1c(C(=O)NC2CCN(CCCCC3(C(=O)NCC(F)(F)F)c4ccccc4-c4ccccc43)CC2)sc2ccccc12. The van der Waals surface area contributed by atoms with Crippen LogP contribution in [-0.4, -0.2) is 55.1 Å². The Balaban J connectivity index is 1.07. The minimum atomic E-state index is -4.49. The van der Waals surface area contributed by atoms with Gasteiger partial charge < -0.3 is 15.5 Å². The molecule has 6 rings (SSSR count). The van der Waals surface area contributed by atoms with Crippen LogP contribution >= 0.6 is 11.3 Å². The summed E-state index contributed by atoms with van der Waals surface area (Å²) >= 11 is 1.54. The Morgan fingerprint density at radius 2 is 1.52 bits per heavy atom. The van der Waals surface area contributed by atoms with E-state index in [2.05, 4.69) is 21.6 Å². The normalized spacial score (nSPS) is 16.5. The molecule has 0 spiro atoms. The third kappa shape index (κ3) is 5.87. The lowest BCUT2D eigenvalue weighted by Crippen LogP contribution is -2.47. The molecule has 9 heteroatoms. The first-order valence-electron chi connectivity index (χ1n) is 15.2. The Morgan fingerprint density at radius 1 is 0.909 bits per heavy atom. The Morgan fingerprint density at radius 3 is 2.16 bits per heavy atom. The monoisotopic (exact) mass is 619 g/mol. The van der Waals surface area contributed by atoms with E-state index in [4.69, 9.17) is 0 Å². The minimum absolute atomic E-state index is 0.00614. The highest BCUT2D eigenvalue weighted by molar-refractivity contribution is 7.21. The van der Waals surface area contributed by atoms with Crippen LogP contribution in [0, 0.1) is 6.92 Å². The van der Waals surface area contributed by atoms with Crippen LogP contribution in [0.15, 0.2) is 72.8 Å². The van der Waals surface area contributed by atoms with Gasteiger partial charge in [0, 0.05) is 23.8 Å². The highest BCUT2D eigenvalue weighted by atomic mass is 32.1. The van der Waals surface area contributed by atoms with Gasteiger partial charge in [0.15, 0.2) is 0 Å². The standard InChI is InChI=1S/C35H36F3N3O2S/c1-23-25-10-4-7-15-30(25)44-31(23)32(42)40-24-16-20-41(21-17-24)19-9-8-18-34(33(43)39-22-35(36,37)38)28-13-5-2-11-26(28)27-12-3-6-14-29(27)34/h2-7,10-15,24H,8-9,16-22H2,1H3,(H,39,43)(H,40,42).